The van der Waals surface area contributed by atoms with Crippen LogP contribution in [0.3, 0.4) is 0 Å². The fourth-order valence-corrected chi connectivity index (χ4v) is 1.84. The van der Waals surface area contributed by atoms with Gasteiger partial charge in [-0.3, -0.25) is 9.89 Å². The summed E-state index contributed by atoms with van der Waals surface area (Å²) < 4.78 is 5.55. The van der Waals surface area contributed by atoms with E-state index in [2.05, 4.69) is 15.2 Å². The van der Waals surface area contributed by atoms with E-state index in [1.54, 1.807) is 11.9 Å². The second-order valence-electron chi connectivity index (χ2n) is 5.00. The Labute approximate surface area is 124 Å². The Morgan fingerprint density at radius 2 is 2.00 bits per heavy atom. The number of hydrogen-bond donors (Lipinski definition) is 1. The van der Waals surface area contributed by atoms with Crippen LogP contribution in [0.25, 0.3) is 0 Å². The van der Waals surface area contributed by atoms with E-state index in [0.717, 1.165) is 11.6 Å². The molecule has 1 heterocycles. The molecule has 6 heteroatoms. The summed E-state index contributed by atoms with van der Waals surface area (Å²) >= 11 is 0. The summed E-state index contributed by atoms with van der Waals surface area (Å²) in [5.74, 6) is 2.14. The number of rotatable bonds is 6. The summed E-state index contributed by atoms with van der Waals surface area (Å²) in [6.45, 7) is 4.60. The van der Waals surface area contributed by atoms with Crippen LogP contribution in [0, 0.1) is 13.8 Å². The minimum absolute atomic E-state index is 0.00423. The number of hydrogen-bond acceptors (Lipinski definition) is 4. The van der Waals surface area contributed by atoms with Gasteiger partial charge >= 0.3 is 0 Å². The lowest BCUT2D eigenvalue weighted by Gasteiger charge is -2.15. The van der Waals surface area contributed by atoms with Gasteiger partial charge in [0.05, 0.1) is 19.6 Å². The van der Waals surface area contributed by atoms with Crippen molar-refractivity contribution in [2.45, 2.75) is 26.8 Å². The van der Waals surface area contributed by atoms with Gasteiger partial charge in [-0.1, -0.05) is 17.7 Å². The van der Waals surface area contributed by atoms with Crippen molar-refractivity contribution in [2.75, 3.05) is 13.7 Å². The van der Waals surface area contributed by atoms with Crippen LogP contribution < -0.4 is 4.74 Å². The third-order valence-corrected chi connectivity index (χ3v) is 3.05. The van der Waals surface area contributed by atoms with Crippen LogP contribution in [-0.2, 0) is 11.3 Å². The lowest BCUT2D eigenvalue weighted by molar-refractivity contribution is -0.131. The van der Waals surface area contributed by atoms with Crippen LogP contribution in [0.1, 0.15) is 23.6 Å². The molecule has 0 bridgehead atoms. The molecule has 0 saturated heterocycles. The van der Waals surface area contributed by atoms with Gasteiger partial charge in [0.1, 0.15) is 11.6 Å². The summed E-state index contributed by atoms with van der Waals surface area (Å²) in [5.41, 5.74) is 1.18. The highest BCUT2D eigenvalue weighted by atomic mass is 16.5. The van der Waals surface area contributed by atoms with Crippen LogP contribution in [0.5, 0.6) is 5.75 Å². The molecule has 6 nitrogen and oxygen atoms in total. The minimum atomic E-state index is 0.00423. The number of aromatic nitrogens is 3. The molecule has 0 aliphatic heterocycles. The third-order valence-electron chi connectivity index (χ3n) is 3.05. The molecule has 1 aromatic heterocycles. The molecule has 112 valence electrons. The van der Waals surface area contributed by atoms with Gasteiger partial charge in [0, 0.05) is 7.05 Å². The first-order chi connectivity index (χ1) is 10.0. The largest absolute Gasteiger partial charge is 0.493 e. The first kappa shape index (κ1) is 15.0. The van der Waals surface area contributed by atoms with Gasteiger partial charge in [0.15, 0.2) is 5.82 Å². The van der Waals surface area contributed by atoms with Crippen LogP contribution >= 0.6 is 0 Å². The number of aryl methyl sites for hydroxylation is 2. The van der Waals surface area contributed by atoms with Crippen molar-refractivity contribution in [3.05, 3.63) is 41.5 Å². The van der Waals surface area contributed by atoms with Gasteiger partial charge < -0.3 is 9.64 Å². The van der Waals surface area contributed by atoms with Crippen molar-refractivity contribution in [1.82, 2.24) is 20.1 Å². The second-order valence-corrected chi connectivity index (χ2v) is 5.00. The molecular weight excluding hydrogens is 268 g/mol. The smallest absolute Gasteiger partial charge is 0.226 e. The summed E-state index contributed by atoms with van der Waals surface area (Å²) in [5, 5.41) is 6.77. The van der Waals surface area contributed by atoms with Gasteiger partial charge in [-0.2, -0.15) is 5.10 Å². The molecule has 0 aliphatic carbocycles. The normalized spacial score (nSPS) is 10.4. The Kier molecular flexibility index (Phi) is 4.92. The molecule has 2 rings (SSSR count). The Morgan fingerprint density at radius 1 is 1.29 bits per heavy atom. The maximum atomic E-state index is 12.0. The molecule has 0 saturated carbocycles. The zero-order valence-corrected chi connectivity index (χ0v) is 12.6. The topological polar surface area (TPSA) is 71.1 Å². The average molecular weight is 288 g/mol. The van der Waals surface area contributed by atoms with Crippen LogP contribution in [0.2, 0.25) is 0 Å². The SMILES string of the molecule is Cc1ccc(OCCC(=O)N(C)Cc2n[nH]c(C)n2)cc1. The fraction of sp³-hybridized carbons (Fsp3) is 0.400. The molecule has 0 atom stereocenters. The highest BCUT2D eigenvalue weighted by Crippen LogP contribution is 2.11. The maximum absolute atomic E-state index is 12.0. The van der Waals surface area contributed by atoms with E-state index in [1.165, 1.54) is 5.56 Å². The number of carbonyl (C=O) groups excluding carboxylic acids is 1. The molecule has 1 aromatic carbocycles. The van der Waals surface area contributed by atoms with Gasteiger partial charge in [-0.15, -0.1) is 0 Å². The lowest BCUT2D eigenvalue weighted by Crippen LogP contribution is -2.28. The number of amides is 1. The first-order valence-corrected chi connectivity index (χ1v) is 6.86. The van der Waals surface area contributed by atoms with E-state index < -0.39 is 0 Å². The van der Waals surface area contributed by atoms with E-state index in [4.69, 9.17) is 4.74 Å². The van der Waals surface area contributed by atoms with Crippen LogP contribution in [-0.4, -0.2) is 39.6 Å². The summed E-state index contributed by atoms with van der Waals surface area (Å²) in [6, 6.07) is 7.77. The third kappa shape index (κ3) is 4.59. The van der Waals surface area contributed by atoms with Gasteiger partial charge in [0.2, 0.25) is 5.91 Å². The van der Waals surface area contributed by atoms with Crippen molar-refractivity contribution in [2.24, 2.45) is 0 Å². The predicted octanol–water partition coefficient (Wildman–Crippen LogP) is 1.85. The van der Waals surface area contributed by atoms with Crippen molar-refractivity contribution in [3.63, 3.8) is 0 Å². The second kappa shape index (κ2) is 6.88. The van der Waals surface area contributed by atoms with E-state index in [9.17, 15) is 4.79 Å². The van der Waals surface area contributed by atoms with Gasteiger partial charge in [-0.05, 0) is 26.0 Å². The molecular formula is C15H20N4O2. The van der Waals surface area contributed by atoms with E-state index >= 15 is 0 Å². The quantitative estimate of drug-likeness (QED) is 0.880. The fourth-order valence-electron chi connectivity index (χ4n) is 1.84. The Hall–Kier alpha value is -2.37. The van der Waals surface area contributed by atoms with Crippen molar-refractivity contribution in [1.29, 1.82) is 0 Å². The summed E-state index contributed by atoms with van der Waals surface area (Å²) in [4.78, 5) is 17.8. The number of benzene rings is 1. The number of carbonyl (C=O) groups is 1. The molecule has 1 amide bonds. The van der Waals surface area contributed by atoms with E-state index in [-0.39, 0.29) is 5.91 Å². The van der Waals surface area contributed by atoms with Gasteiger partial charge in [0.25, 0.3) is 0 Å². The molecule has 21 heavy (non-hydrogen) atoms. The average Bonchev–Trinajstić information content (AvgIpc) is 2.86. The Balaban J connectivity index is 1.74. The van der Waals surface area contributed by atoms with Crippen molar-refractivity contribution in [3.8, 4) is 5.75 Å². The number of nitrogens with one attached hydrogen (secondary N) is 1. The zero-order valence-electron chi connectivity index (χ0n) is 12.6. The molecule has 0 aliphatic rings. The highest BCUT2D eigenvalue weighted by Gasteiger charge is 2.11. The Morgan fingerprint density at radius 3 is 2.62 bits per heavy atom. The van der Waals surface area contributed by atoms with E-state index in [0.29, 0.717) is 25.4 Å². The Bertz CT molecular complexity index is 592. The lowest BCUT2D eigenvalue weighted by atomic mass is 10.2. The predicted molar refractivity (Wildman–Crippen MR) is 78.9 cm³/mol. The molecule has 0 spiro atoms. The molecule has 0 unspecified atom stereocenters. The van der Waals surface area contributed by atoms with Gasteiger partial charge in [-0.25, -0.2) is 4.98 Å². The molecule has 0 radical (unpaired) electrons. The number of nitrogens with zero attached hydrogens (tertiary/aromatic N) is 3. The van der Waals surface area contributed by atoms with Crippen molar-refractivity contribution >= 4 is 5.91 Å². The summed E-state index contributed by atoms with van der Waals surface area (Å²) in [6.07, 6.45) is 0.327. The summed E-state index contributed by atoms with van der Waals surface area (Å²) in [7, 11) is 1.74. The highest BCUT2D eigenvalue weighted by molar-refractivity contribution is 5.75. The van der Waals surface area contributed by atoms with Crippen LogP contribution in [0.4, 0.5) is 0 Å². The monoisotopic (exact) mass is 288 g/mol. The number of H-pyrrole nitrogens is 1. The maximum Gasteiger partial charge on any atom is 0.226 e. The molecule has 2 aromatic rings. The van der Waals surface area contributed by atoms with E-state index in [1.807, 2.05) is 38.1 Å². The first-order valence-electron chi connectivity index (χ1n) is 6.86. The number of ether oxygens (including phenoxy) is 1. The molecule has 1 N–H and O–H groups in total. The van der Waals surface area contributed by atoms with Crippen molar-refractivity contribution < 1.29 is 9.53 Å². The standard InChI is InChI=1S/C15H20N4O2/c1-11-4-6-13(7-5-11)21-9-8-15(20)19(3)10-14-16-12(2)17-18-14/h4-7H,8-10H2,1-3H3,(H,16,17,18). The van der Waals surface area contributed by atoms with Crippen LogP contribution in [0.15, 0.2) is 24.3 Å². The number of aromatic amines is 1. The zero-order chi connectivity index (χ0) is 15.2. The molecule has 0 fully saturated rings. The minimum Gasteiger partial charge on any atom is -0.493 e.